The van der Waals surface area contributed by atoms with Crippen LogP contribution in [0.5, 0.6) is 0 Å². The Balaban J connectivity index is 1.82. The van der Waals surface area contributed by atoms with Crippen molar-refractivity contribution in [1.29, 1.82) is 0 Å². The Kier molecular flexibility index (Phi) is 6.35. The van der Waals surface area contributed by atoms with Gasteiger partial charge in [0.2, 0.25) is 5.95 Å². The second kappa shape index (κ2) is 8.96. The van der Waals surface area contributed by atoms with Crippen molar-refractivity contribution in [2.24, 2.45) is 0 Å². The Labute approximate surface area is 174 Å². The van der Waals surface area contributed by atoms with Gasteiger partial charge in [0.05, 0.1) is 6.61 Å². The molecule has 0 radical (unpaired) electrons. The van der Waals surface area contributed by atoms with E-state index in [2.05, 4.69) is 25.6 Å². The van der Waals surface area contributed by atoms with Crippen LogP contribution >= 0.6 is 0 Å². The summed E-state index contributed by atoms with van der Waals surface area (Å²) in [5.74, 6) is -1.12. The number of aliphatic hydroxyl groups excluding tert-OH is 1. The van der Waals surface area contributed by atoms with Crippen LogP contribution in [0, 0.1) is 6.92 Å². The minimum Gasteiger partial charge on any atom is -0.480 e. The number of anilines is 3. The van der Waals surface area contributed by atoms with Gasteiger partial charge in [-0.05, 0) is 48.4 Å². The molecule has 1 atom stereocenters. The van der Waals surface area contributed by atoms with Gasteiger partial charge >= 0.3 is 12.1 Å². The van der Waals surface area contributed by atoms with Crippen LogP contribution in [-0.2, 0) is 11.0 Å². The summed E-state index contributed by atoms with van der Waals surface area (Å²) in [6, 6.07) is 8.16. The molecule has 1 aromatic carbocycles. The highest BCUT2D eigenvalue weighted by Gasteiger charge is 2.32. The summed E-state index contributed by atoms with van der Waals surface area (Å²) in [6.45, 7) is 1.23. The fourth-order valence-corrected chi connectivity index (χ4v) is 2.74. The number of hydrogen-bond acceptors (Lipinski definition) is 7. The quantitative estimate of drug-likeness (QED) is 0.447. The van der Waals surface area contributed by atoms with E-state index in [-0.39, 0.29) is 11.8 Å². The van der Waals surface area contributed by atoms with Crippen molar-refractivity contribution in [2.45, 2.75) is 19.1 Å². The molecule has 2 heterocycles. The SMILES string of the molecule is Cc1cc(Nc2nccc(C(F)(F)F)n2)cc(-c2ccc(N[C@H](CO)C(=O)O)nc2)c1. The molecule has 0 bridgehead atoms. The van der Waals surface area contributed by atoms with Crippen molar-refractivity contribution >= 4 is 23.4 Å². The summed E-state index contributed by atoms with van der Waals surface area (Å²) in [5, 5.41) is 23.4. The summed E-state index contributed by atoms with van der Waals surface area (Å²) in [5.41, 5.74) is 1.69. The van der Waals surface area contributed by atoms with E-state index in [4.69, 9.17) is 10.2 Å². The molecule has 0 fully saturated rings. The zero-order chi connectivity index (χ0) is 22.6. The van der Waals surface area contributed by atoms with Crippen molar-refractivity contribution in [2.75, 3.05) is 17.2 Å². The normalized spacial score (nSPS) is 12.3. The molecular weight excluding hydrogens is 415 g/mol. The van der Waals surface area contributed by atoms with E-state index in [9.17, 15) is 18.0 Å². The molecule has 2 aromatic heterocycles. The van der Waals surface area contributed by atoms with Crippen molar-refractivity contribution in [3.8, 4) is 11.1 Å². The van der Waals surface area contributed by atoms with Gasteiger partial charge in [0, 0.05) is 23.6 Å². The first-order chi connectivity index (χ1) is 14.7. The van der Waals surface area contributed by atoms with Crippen LogP contribution in [0.2, 0.25) is 0 Å². The molecule has 0 saturated heterocycles. The molecular formula is C20H18F3N5O3. The van der Waals surface area contributed by atoms with Crippen molar-refractivity contribution < 1.29 is 28.2 Å². The highest BCUT2D eigenvalue weighted by Crippen LogP contribution is 2.29. The first kappa shape index (κ1) is 22.0. The monoisotopic (exact) mass is 433 g/mol. The Morgan fingerprint density at radius 1 is 1.13 bits per heavy atom. The van der Waals surface area contributed by atoms with Crippen LogP contribution in [0.25, 0.3) is 11.1 Å². The molecule has 31 heavy (non-hydrogen) atoms. The number of aromatic nitrogens is 3. The van der Waals surface area contributed by atoms with Crippen LogP contribution in [0.15, 0.2) is 48.8 Å². The maximum atomic E-state index is 12.9. The molecule has 4 N–H and O–H groups in total. The Bertz CT molecular complexity index is 1070. The number of hydrogen-bond donors (Lipinski definition) is 4. The van der Waals surface area contributed by atoms with E-state index < -0.39 is 30.5 Å². The first-order valence-corrected chi connectivity index (χ1v) is 9.01. The van der Waals surface area contributed by atoms with Crippen molar-refractivity contribution in [3.63, 3.8) is 0 Å². The van der Waals surface area contributed by atoms with Gasteiger partial charge in [-0.15, -0.1) is 0 Å². The maximum Gasteiger partial charge on any atom is 0.433 e. The zero-order valence-corrected chi connectivity index (χ0v) is 16.2. The summed E-state index contributed by atoms with van der Waals surface area (Å²) >= 11 is 0. The molecule has 11 heteroatoms. The summed E-state index contributed by atoms with van der Waals surface area (Å²) < 4.78 is 38.6. The van der Waals surface area contributed by atoms with Crippen LogP contribution < -0.4 is 10.6 Å². The highest BCUT2D eigenvalue weighted by molar-refractivity contribution is 5.77. The van der Waals surface area contributed by atoms with E-state index in [0.29, 0.717) is 11.3 Å². The molecule has 0 aliphatic carbocycles. The predicted molar refractivity (Wildman–Crippen MR) is 107 cm³/mol. The molecule has 3 rings (SSSR count). The number of pyridine rings is 1. The minimum absolute atomic E-state index is 0.187. The number of rotatable bonds is 7. The van der Waals surface area contributed by atoms with Gasteiger partial charge < -0.3 is 20.8 Å². The molecule has 8 nitrogen and oxygen atoms in total. The largest absolute Gasteiger partial charge is 0.480 e. The second-order valence-electron chi connectivity index (χ2n) is 6.63. The number of alkyl halides is 3. The number of carboxylic acids is 1. The first-order valence-electron chi connectivity index (χ1n) is 9.01. The number of carbonyl (C=O) groups is 1. The average molecular weight is 433 g/mol. The third-order valence-corrected chi connectivity index (χ3v) is 4.18. The van der Waals surface area contributed by atoms with Gasteiger partial charge in [-0.25, -0.2) is 19.7 Å². The Morgan fingerprint density at radius 3 is 2.52 bits per heavy atom. The van der Waals surface area contributed by atoms with Gasteiger partial charge in [0.1, 0.15) is 17.6 Å². The smallest absolute Gasteiger partial charge is 0.433 e. The van der Waals surface area contributed by atoms with Crippen LogP contribution in [0.1, 0.15) is 11.3 Å². The van der Waals surface area contributed by atoms with Gasteiger partial charge in [0.25, 0.3) is 0 Å². The third-order valence-electron chi connectivity index (χ3n) is 4.18. The Morgan fingerprint density at radius 2 is 1.90 bits per heavy atom. The van der Waals surface area contributed by atoms with Gasteiger partial charge in [-0.2, -0.15) is 13.2 Å². The zero-order valence-electron chi connectivity index (χ0n) is 16.2. The lowest BCUT2D eigenvalue weighted by Crippen LogP contribution is -2.33. The van der Waals surface area contributed by atoms with Crippen LogP contribution in [-0.4, -0.2) is 43.8 Å². The fourth-order valence-electron chi connectivity index (χ4n) is 2.74. The lowest BCUT2D eigenvalue weighted by molar-refractivity contribution is -0.141. The van der Waals surface area contributed by atoms with Crippen molar-refractivity contribution in [3.05, 3.63) is 60.0 Å². The molecule has 0 saturated carbocycles. The lowest BCUT2D eigenvalue weighted by atomic mass is 10.0. The lowest BCUT2D eigenvalue weighted by Gasteiger charge is -2.13. The predicted octanol–water partition coefficient (Wildman–Crippen LogP) is 3.47. The number of aryl methyl sites for hydroxylation is 1. The van der Waals surface area contributed by atoms with Gasteiger partial charge in [-0.1, -0.05) is 6.07 Å². The Hall–Kier alpha value is -3.73. The molecule has 0 spiro atoms. The maximum absolute atomic E-state index is 12.9. The van der Waals surface area contributed by atoms with Gasteiger partial charge in [-0.3, -0.25) is 0 Å². The van der Waals surface area contributed by atoms with Crippen molar-refractivity contribution in [1.82, 2.24) is 15.0 Å². The van der Waals surface area contributed by atoms with E-state index in [1.165, 1.54) is 6.20 Å². The molecule has 162 valence electrons. The number of aliphatic carboxylic acids is 1. The summed E-state index contributed by atoms with van der Waals surface area (Å²) in [7, 11) is 0. The molecule has 0 aliphatic rings. The minimum atomic E-state index is -4.58. The van der Waals surface area contributed by atoms with E-state index in [1.54, 1.807) is 24.3 Å². The number of aliphatic hydroxyl groups is 1. The summed E-state index contributed by atoms with van der Waals surface area (Å²) in [4.78, 5) is 22.5. The molecule has 0 unspecified atom stereocenters. The standard InChI is InChI=1S/C20H18F3N5O3/c1-11-6-13(12-2-3-17(25-9-12)27-15(10-29)18(30)31)8-14(7-11)26-19-24-5-4-16(28-19)20(21,22)23/h2-9,15,29H,10H2,1H3,(H,25,27)(H,30,31)(H,24,26,28)/t15-/m1/s1. The molecule has 3 aromatic rings. The highest BCUT2D eigenvalue weighted by atomic mass is 19.4. The number of halogens is 3. The second-order valence-corrected chi connectivity index (χ2v) is 6.63. The number of nitrogens with zero attached hydrogens (tertiary/aromatic N) is 3. The topological polar surface area (TPSA) is 120 Å². The third kappa shape index (κ3) is 5.66. The van der Waals surface area contributed by atoms with Crippen LogP contribution in [0.4, 0.5) is 30.6 Å². The molecule has 0 amide bonds. The van der Waals surface area contributed by atoms with E-state index >= 15 is 0 Å². The van der Waals surface area contributed by atoms with Crippen LogP contribution in [0.3, 0.4) is 0 Å². The van der Waals surface area contributed by atoms with Gasteiger partial charge in [0.15, 0.2) is 0 Å². The number of benzene rings is 1. The molecule has 0 aliphatic heterocycles. The number of carboxylic acid groups (broad SMARTS) is 1. The van der Waals surface area contributed by atoms with E-state index in [0.717, 1.165) is 23.4 Å². The number of nitrogens with one attached hydrogen (secondary N) is 2. The summed E-state index contributed by atoms with van der Waals surface area (Å²) in [6.07, 6.45) is -2.03. The fraction of sp³-hybridized carbons (Fsp3) is 0.200. The van der Waals surface area contributed by atoms with E-state index in [1.807, 2.05) is 13.0 Å². The average Bonchev–Trinajstić information content (AvgIpc) is 2.71.